The number of nitrogens with zero attached hydrogens (tertiary/aromatic N) is 1. The number of halogens is 1. The van der Waals surface area contributed by atoms with Crippen LogP contribution in [0.3, 0.4) is 0 Å². The molecule has 0 spiro atoms. The van der Waals surface area contributed by atoms with Gasteiger partial charge in [0.1, 0.15) is 5.60 Å². The molecule has 1 unspecified atom stereocenters. The van der Waals surface area contributed by atoms with E-state index >= 15 is 0 Å². The van der Waals surface area contributed by atoms with Gasteiger partial charge in [-0.2, -0.15) is 0 Å². The second kappa shape index (κ2) is 7.00. The Balaban J connectivity index is 2.21. The monoisotopic (exact) mass is 430 g/mol. The van der Waals surface area contributed by atoms with Crippen molar-refractivity contribution in [1.29, 1.82) is 0 Å². The van der Waals surface area contributed by atoms with Gasteiger partial charge >= 0.3 is 6.09 Å². The molecule has 1 aliphatic rings. The van der Waals surface area contributed by atoms with E-state index in [0.29, 0.717) is 13.1 Å². The maximum atomic E-state index is 12.7. The third-order valence-corrected chi connectivity index (χ3v) is 6.03. The zero-order valence-electron chi connectivity index (χ0n) is 15.7. The molecular weight excluding hydrogens is 404 g/mol. The first-order valence-corrected chi connectivity index (χ1v) is 10.2. The minimum absolute atomic E-state index is 0.344. The van der Waals surface area contributed by atoms with Gasteiger partial charge in [-0.25, -0.2) is 13.7 Å². The molecule has 1 atom stereocenters. The van der Waals surface area contributed by atoms with Crippen LogP contribution < -0.4 is 4.72 Å². The Morgan fingerprint density at radius 1 is 1.16 bits per heavy atom. The molecule has 1 aromatic carbocycles. The smallest absolute Gasteiger partial charge is 0.410 e. The summed E-state index contributed by atoms with van der Waals surface area (Å²) in [5.41, 5.74) is -0.0576. The summed E-state index contributed by atoms with van der Waals surface area (Å²) >= 11 is 3.44. The van der Waals surface area contributed by atoms with E-state index in [0.717, 1.165) is 10.0 Å². The van der Waals surface area contributed by atoms with Gasteiger partial charge in [-0.3, -0.25) is 0 Å². The first-order valence-electron chi connectivity index (χ1n) is 8.26. The third kappa shape index (κ3) is 5.05. The summed E-state index contributed by atoms with van der Waals surface area (Å²) in [5.74, 6) is 0. The predicted octanol–water partition coefficient (Wildman–Crippen LogP) is 3.95. The van der Waals surface area contributed by atoms with Gasteiger partial charge in [0, 0.05) is 17.6 Å². The van der Waals surface area contributed by atoms with E-state index in [1.54, 1.807) is 4.90 Å². The van der Waals surface area contributed by atoms with Gasteiger partial charge in [0.15, 0.2) is 0 Å². The molecule has 1 amide bonds. The van der Waals surface area contributed by atoms with E-state index in [2.05, 4.69) is 20.7 Å². The molecule has 1 saturated heterocycles. The van der Waals surface area contributed by atoms with Crippen LogP contribution in [0.15, 0.2) is 28.7 Å². The molecule has 1 N–H and O–H groups in total. The Bertz CT molecular complexity index is 656. The van der Waals surface area contributed by atoms with Gasteiger partial charge in [0.2, 0.25) is 0 Å². The molecule has 1 heterocycles. The van der Waals surface area contributed by atoms with E-state index in [1.165, 1.54) is 0 Å². The zero-order chi connectivity index (χ0) is 19.0. The molecule has 1 aliphatic heterocycles. The van der Waals surface area contributed by atoms with Crippen LogP contribution in [0, 0.1) is 0 Å². The van der Waals surface area contributed by atoms with Crippen molar-refractivity contribution < 1.29 is 13.7 Å². The van der Waals surface area contributed by atoms with Gasteiger partial charge in [-0.15, -0.1) is 0 Å². The molecule has 1 aromatic rings. The van der Waals surface area contributed by atoms with Crippen molar-refractivity contribution in [3.8, 4) is 0 Å². The van der Waals surface area contributed by atoms with Gasteiger partial charge in [0.05, 0.1) is 21.3 Å². The molecule has 1 fully saturated rings. The van der Waals surface area contributed by atoms with Crippen LogP contribution in [-0.4, -0.2) is 38.6 Å². The highest BCUT2D eigenvalue weighted by atomic mass is 79.9. The van der Waals surface area contributed by atoms with Gasteiger partial charge in [0.25, 0.3) is 0 Å². The summed E-state index contributed by atoms with van der Waals surface area (Å²) in [5, 5.41) is 0. The largest absolute Gasteiger partial charge is 0.444 e. The summed E-state index contributed by atoms with van der Waals surface area (Å²) in [6.45, 7) is 12.2. The number of rotatable bonds is 3. The first-order chi connectivity index (χ1) is 11.3. The number of hydrogen-bond acceptors (Lipinski definition) is 3. The van der Waals surface area contributed by atoms with Crippen molar-refractivity contribution in [2.24, 2.45) is 0 Å². The van der Waals surface area contributed by atoms with Crippen LogP contribution in [0.2, 0.25) is 0 Å². The Labute approximate surface area is 161 Å². The second-order valence-electron chi connectivity index (χ2n) is 8.41. The quantitative estimate of drug-likeness (QED) is 0.789. The molecular formula is C18H27BrN2O3S. The summed E-state index contributed by atoms with van der Waals surface area (Å²) in [6, 6.07) is 7.89. The highest BCUT2D eigenvalue weighted by molar-refractivity contribution is 9.10. The number of nitrogens with one attached hydrogen (secondary N) is 1. The summed E-state index contributed by atoms with van der Waals surface area (Å²) < 4.78 is 22.0. The average molecular weight is 431 g/mol. The molecule has 2 rings (SSSR count). The van der Waals surface area contributed by atoms with Crippen molar-refractivity contribution in [1.82, 2.24) is 9.62 Å². The van der Waals surface area contributed by atoms with Crippen molar-refractivity contribution in [2.45, 2.75) is 57.4 Å². The number of likely N-dealkylation sites (tertiary alicyclic amines) is 1. The van der Waals surface area contributed by atoms with Crippen LogP contribution in [0.4, 0.5) is 4.79 Å². The number of hydrogen-bond donors (Lipinski definition) is 1. The van der Waals surface area contributed by atoms with Gasteiger partial charge < -0.3 is 9.64 Å². The lowest BCUT2D eigenvalue weighted by Gasteiger charge is -2.50. The van der Waals surface area contributed by atoms with Gasteiger partial charge in [-0.05, 0) is 59.2 Å². The molecule has 0 bridgehead atoms. The molecule has 7 heteroatoms. The number of benzene rings is 1. The lowest BCUT2D eigenvalue weighted by molar-refractivity contribution is -0.0123. The number of amides is 1. The topological polar surface area (TPSA) is 58.6 Å². The normalized spacial score (nSPS) is 18.4. The average Bonchev–Trinajstić information content (AvgIpc) is 2.40. The molecule has 0 radical (unpaired) electrons. The lowest BCUT2D eigenvalue weighted by Crippen LogP contribution is -2.69. The van der Waals surface area contributed by atoms with Crippen molar-refractivity contribution >= 4 is 33.0 Å². The minimum atomic E-state index is -1.25. The van der Waals surface area contributed by atoms with E-state index in [1.807, 2.05) is 65.8 Å². The Morgan fingerprint density at radius 3 is 2.12 bits per heavy atom. The Morgan fingerprint density at radius 2 is 1.68 bits per heavy atom. The van der Waals surface area contributed by atoms with Crippen LogP contribution in [0.25, 0.3) is 0 Å². The molecule has 0 aliphatic carbocycles. The van der Waals surface area contributed by atoms with E-state index in [9.17, 15) is 9.00 Å². The van der Waals surface area contributed by atoms with E-state index in [-0.39, 0.29) is 6.09 Å². The molecule has 5 nitrogen and oxygen atoms in total. The second-order valence-corrected chi connectivity index (χ2v) is 11.3. The molecule has 0 saturated carbocycles. The fraction of sp³-hybridized carbons (Fsp3) is 0.611. The predicted molar refractivity (Wildman–Crippen MR) is 105 cm³/mol. The summed E-state index contributed by atoms with van der Waals surface area (Å²) in [6.07, 6.45) is -0.344. The number of ether oxygens (including phenoxy) is 1. The fourth-order valence-corrected chi connectivity index (χ4v) is 3.64. The molecule has 140 valence electrons. The van der Waals surface area contributed by atoms with Crippen LogP contribution in [-0.2, 0) is 21.3 Å². The minimum Gasteiger partial charge on any atom is -0.444 e. The van der Waals surface area contributed by atoms with Crippen molar-refractivity contribution in [2.75, 3.05) is 13.1 Å². The maximum absolute atomic E-state index is 12.7. The van der Waals surface area contributed by atoms with E-state index in [4.69, 9.17) is 4.74 Å². The lowest BCUT2D eigenvalue weighted by atomic mass is 9.84. The van der Waals surface area contributed by atoms with Crippen LogP contribution in [0.5, 0.6) is 0 Å². The summed E-state index contributed by atoms with van der Waals surface area (Å²) in [4.78, 5) is 13.9. The fourth-order valence-electron chi connectivity index (χ4n) is 2.47. The number of carbonyl (C=O) groups excluding carboxylic acids is 1. The van der Waals surface area contributed by atoms with Gasteiger partial charge in [-0.1, -0.05) is 28.1 Å². The Kier molecular flexibility index (Phi) is 5.71. The van der Waals surface area contributed by atoms with Crippen molar-refractivity contribution in [3.05, 3.63) is 34.3 Å². The summed E-state index contributed by atoms with van der Waals surface area (Å²) in [7, 11) is -1.25. The van der Waals surface area contributed by atoms with Crippen molar-refractivity contribution in [3.63, 3.8) is 0 Å². The highest BCUT2D eigenvalue weighted by Crippen LogP contribution is 2.35. The SMILES string of the molecule is CC(C)(C)OC(=O)N1CC(NS(=O)C(C)(C)C)(c2ccc(Br)cc2)C1. The molecule has 25 heavy (non-hydrogen) atoms. The zero-order valence-corrected chi connectivity index (χ0v) is 18.1. The first kappa shape index (κ1) is 20.4. The van der Waals surface area contributed by atoms with Crippen LogP contribution >= 0.6 is 15.9 Å². The third-order valence-electron chi connectivity index (χ3n) is 3.81. The highest BCUT2D eigenvalue weighted by Gasteiger charge is 2.49. The Hall–Kier alpha value is -0.920. The van der Waals surface area contributed by atoms with E-state index < -0.39 is 26.9 Å². The molecule has 0 aromatic heterocycles. The maximum Gasteiger partial charge on any atom is 0.410 e. The standard InChI is InChI=1S/C18H27BrN2O3S/c1-16(2,3)24-15(22)21-11-18(12-21,20-25(23)17(4,5)6)13-7-9-14(19)10-8-13/h7-10,20H,11-12H2,1-6H3. The van der Waals surface area contributed by atoms with Crippen LogP contribution in [0.1, 0.15) is 47.1 Å². The number of carbonyl (C=O) groups is 1.